The third kappa shape index (κ3) is 3.75. The number of amides is 1. The number of rotatable bonds is 2. The van der Waals surface area contributed by atoms with Gasteiger partial charge in [-0.2, -0.15) is 18.3 Å². The maximum absolute atomic E-state index is 14.3. The molecule has 1 amide bonds. The second-order valence-electron chi connectivity index (χ2n) is 7.78. The Kier molecular flexibility index (Phi) is 5.10. The zero-order chi connectivity index (χ0) is 20.8. The summed E-state index contributed by atoms with van der Waals surface area (Å²) in [5.41, 5.74) is 0.936. The van der Waals surface area contributed by atoms with Crippen LogP contribution in [0.15, 0.2) is 18.2 Å². The van der Waals surface area contributed by atoms with Gasteiger partial charge < -0.3 is 10.2 Å². The summed E-state index contributed by atoms with van der Waals surface area (Å²) in [7, 11) is 0. The average molecular weight is 410 g/mol. The van der Waals surface area contributed by atoms with Crippen molar-refractivity contribution in [3.63, 3.8) is 0 Å². The van der Waals surface area contributed by atoms with Gasteiger partial charge in [0.1, 0.15) is 5.82 Å². The molecule has 2 aliphatic rings. The molecule has 1 fully saturated rings. The van der Waals surface area contributed by atoms with Crippen LogP contribution in [0.1, 0.15) is 58.6 Å². The molecular formula is C20H22F4N4O. The number of hydrogen-bond acceptors (Lipinski definition) is 3. The van der Waals surface area contributed by atoms with E-state index in [2.05, 4.69) is 15.5 Å². The SMILES string of the molecule is CC1Cc2[nH]nc(C(=O)N3CCC(c4c(F)cccc4C(F)(F)F)CC3)c2CN1. The Morgan fingerprint density at radius 1 is 1.24 bits per heavy atom. The average Bonchev–Trinajstić information content (AvgIpc) is 3.09. The summed E-state index contributed by atoms with van der Waals surface area (Å²) in [5.74, 6) is -1.65. The van der Waals surface area contributed by atoms with Crippen LogP contribution in [0.2, 0.25) is 0 Å². The standard InChI is InChI=1S/C20H22F4N4O/c1-11-9-16-13(10-25-11)18(27-26-16)19(29)28-7-5-12(6-8-28)17-14(20(22,23)24)3-2-4-15(17)21/h2-4,11-12,25H,5-10H2,1H3,(H,26,27). The summed E-state index contributed by atoms with van der Waals surface area (Å²) >= 11 is 0. The smallest absolute Gasteiger partial charge is 0.337 e. The zero-order valence-corrected chi connectivity index (χ0v) is 15.9. The van der Waals surface area contributed by atoms with Crippen molar-refractivity contribution in [2.24, 2.45) is 0 Å². The fourth-order valence-corrected chi connectivity index (χ4v) is 4.31. The van der Waals surface area contributed by atoms with Gasteiger partial charge in [0.25, 0.3) is 5.91 Å². The molecule has 4 rings (SSSR count). The Morgan fingerprint density at radius 3 is 2.66 bits per heavy atom. The molecule has 0 radical (unpaired) electrons. The minimum atomic E-state index is -4.61. The topological polar surface area (TPSA) is 61.0 Å². The fraction of sp³-hybridized carbons (Fsp3) is 0.500. The Labute approximate surface area is 165 Å². The van der Waals surface area contributed by atoms with Gasteiger partial charge in [0.2, 0.25) is 0 Å². The summed E-state index contributed by atoms with van der Waals surface area (Å²) in [4.78, 5) is 14.5. The largest absolute Gasteiger partial charge is 0.416 e. The van der Waals surface area contributed by atoms with Gasteiger partial charge in [0.05, 0.1) is 5.56 Å². The number of halogens is 4. The third-order valence-corrected chi connectivity index (χ3v) is 5.84. The highest BCUT2D eigenvalue weighted by Gasteiger charge is 2.38. The first kappa shape index (κ1) is 19.9. The number of nitrogens with one attached hydrogen (secondary N) is 2. The van der Waals surface area contributed by atoms with Crippen LogP contribution >= 0.6 is 0 Å². The molecule has 5 nitrogen and oxygen atoms in total. The van der Waals surface area contributed by atoms with Crippen molar-refractivity contribution in [2.75, 3.05) is 13.1 Å². The lowest BCUT2D eigenvalue weighted by Gasteiger charge is -2.33. The highest BCUT2D eigenvalue weighted by Crippen LogP contribution is 2.40. The Bertz CT molecular complexity index is 916. The van der Waals surface area contributed by atoms with Crippen molar-refractivity contribution >= 4 is 5.91 Å². The molecule has 2 aliphatic heterocycles. The number of carbonyl (C=O) groups is 1. The van der Waals surface area contributed by atoms with Crippen LogP contribution in [0.5, 0.6) is 0 Å². The van der Waals surface area contributed by atoms with E-state index in [0.29, 0.717) is 18.3 Å². The maximum atomic E-state index is 14.3. The van der Waals surface area contributed by atoms with E-state index < -0.39 is 23.5 Å². The first-order valence-electron chi connectivity index (χ1n) is 9.70. The number of hydrogen-bond donors (Lipinski definition) is 2. The lowest BCUT2D eigenvalue weighted by Crippen LogP contribution is -2.40. The van der Waals surface area contributed by atoms with E-state index in [-0.39, 0.29) is 37.4 Å². The highest BCUT2D eigenvalue weighted by atomic mass is 19.4. The molecular weight excluding hydrogens is 388 g/mol. The number of aromatic amines is 1. The van der Waals surface area contributed by atoms with E-state index in [4.69, 9.17) is 0 Å². The number of likely N-dealkylation sites (tertiary alicyclic amines) is 1. The van der Waals surface area contributed by atoms with Crippen LogP contribution in [0.3, 0.4) is 0 Å². The summed E-state index contributed by atoms with van der Waals surface area (Å²) < 4.78 is 54.2. The molecule has 1 saturated heterocycles. The van der Waals surface area contributed by atoms with Crippen molar-refractivity contribution in [3.05, 3.63) is 52.1 Å². The molecule has 1 aromatic heterocycles. The van der Waals surface area contributed by atoms with E-state index >= 15 is 0 Å². The first-order valence-corrected chi connectivity index (χ1v) is 9.70. The van der Waals surface area contributed by atoms with E-state index in [1.807, 2.05) is 6.92 Å². The Hall–Kier alpha value is -2.42. The monoisotopic (exact) mass is 410 g/mol. The molecule has 0 spiro atoms. The van der Waals surface area contributed by atoms with E-state index in [1.54, 1.807) is 4.90 Å². The lowest BCUT2D eigenvalue weighted by molar-refractivity contribution is -0.138. The molecule has 0 saturated carbocycles. The van der Waals surface area contributed by atoms with Gasteiger partial charge in [-0.25, -0.2) is 4.39 Å². The van der Waals surface area contributed by atoms with Crippen LogP contribution in [0, 0.1) is 5.82 Å². The first-order chi connectivity index (χ1) is 13.8. The van der Waals surface area contributed by atoms with E-state index in [1.165, 1.54) is 0 Å². The lowest BCUT2D eigenvalue weighted by atomic mass is 9.85. The molecule has 29 heavy (non-hydrogen) atoms. The summed E-state index contributed by atoms with van der Waals surface area (Å²) in [5, 5.41) is 10.4. The molecule has 9 heteroatoms. The second kappa shape index (κ2) is 7.44. The fourth-order valence-electron chi connectivity index (χ4n) is 4.31. The predicted octanol–water partition coefficient (Wildman–Crippen LogP) is 3.62. The third-order valence-electron chi connectivity index (χ3n) is 5.84. The number of benzene rings is 1. The summed E-state index contributed by atoms with van der Waals surface area (Å²) in [6, 6.07) is 3.35. The van der Waals surface area contributed by atoms with Gasteiger partial charge >= 0.3 is 6.18 Å². The maximum Gasteiger partial charge on any atom is 0.416 e. The minimum absolute atomic E-state index is 0.234. The number of nitrogens with zero attached hydrogens (tertiary/aromatic N) is 2. The van der Waals surface area contributed by atoms with Crippen molar-refractivity contribution < 1.29 is 22.4 Å². The zero-order valence-electron chi connectivity index (χ0n) is 15.9. The number of fused-ring (bicyclic) bond motifs is 1. The molecule has 1 atom stereocenters. The van der Waals surface area contributed by atoms with Crippen molar-refractivity contribution in [3.8, 4) is 0 Å². The molecule has 2 aromatic rings. The van der Waals surface area contributed by atoms with Crippen molar-refractivity contribution in [2.45, 2.75) is 50.9 Å². The van der Waals surface area contributed by atoms with Gasteiger partial charge in [0.15, 0.2) is 5.69 Å². The van der Waals surface area contributed by atoms with Crippen LogP contribution in [0.4, 0.5) is 17.6 Å². The quantitative estimate of drug-likeness (QED) is 0.744. The normalized spacial score (nSPS) is 20.6. The number of aromatic nitrogens is 2. The minimum Gasteiger partial charge on any atom is -0.337 e. The van der Waals surface area contributed by atoms with Gasteiger partial charge in [-0.15, -0.1) is 0 Å². The van der Waals surface area contributed by atoms with Crippen molar-refractivity contribution in [1.82, 2.24) is 20.4 Å². The molecule has 0 aliphatic carbocycles. The van der Waals surface area contributed by atoms with Gasteiger partial charge in [0, 0.05) is 48.9 Å². The van der Waals surface area contributed by atoms with Gasteiger partial charge in [-0.05, 0) is 37.8 Å². The van der Waals surface area contributed by atoms with Gasteiger partial charge in [-0.1, -0.05) is 6.07 Å². The van der Waals surface area contributed by atoms with Gasteiger partial charge in [-0.3, -0.25) is 9.89 Å². The van der Waals surface area contributed by atoms with Crippen LogP contribution < -0.4 is 5.32 Å². The predicted molar refractivity (Wildman–Crippen MR) is 97.9 cm³/mol. The second-order valence-corrected chi connectivity index (χ2v) is 7.78. The highest BCUT2D eigenvalue weighted by molar-refractivity contribution is 5.94. The molecule has 1 unspecified atom stereocenters. The Balaban J connectivity index is 1.49. The molecule has 1 aromatic carbocycles. The van der Waals surface area contributed by atoms with E-state index in [0.717, 1.165) is 35.9 Å². The molecule has 156 valence electrons. The molecule has 2 N–H and O–H groups in total. The Morgan fingerprint density at radius 2 is 1.97 bits per heavy atom. The van der Waals surface area contributed by atoms with Crippen molar-refractivity contribution in [1.29, 1.82) is 0 Å². The molecule has 0 bridgehead atoms. The van der Waals surface area contributed by atoms with E-state index in [9.17, 15) is 22.4 Å². The summed E-state index contributed by atoms with van der Waals surface area (Å²) in [6.45, 7) is 3.13. The number of piperidine rings is 1. The number of carbonyl (C=O) groups excluding carboxylic acids is 1. The van der Waals surface area contributed by atoms with Crippen LogP contribution in [-0.2, 0) is 19.1 Å². The number of alkyl halides is 3. The number of H-pyrrole nitrogens is 1. The molecule has 3 heterocycles. The van der Waals surface area contributed by atoms with Crippen LogP contribution in [0.25, 0.3) is 0 Å². The summed E-state index contributed by atoms with van der Waals surface area (Å²) in [6.07, 6.45) is -3.30. The van der Waals surface area contributed by atoms with Crippen LogP contribution in [-0.4, -0.2) is 40.1 Å².